The van der Waals surface area contributed by atoms with Crippen molar-refractivity contribution in [2.24, 2.45) is 5.73 Å². The number of ether oxygens (including phenoxy) is 1. The monoisotopic (exact) mass is 265 g/mol. The van der Waals surface area contributed by atoms with Crippen molar-refractivity contribution in [3.63, 3.8) is 0 Å². The highest BCUT2D eigenvalue weighted by Crippen LogP contribution is 2.22. The Morgan fingerprint density at radius 2 is 2.05 bits per heavy atom. The van der Waals surface area contributed by atoms with Crippen molar-refractivity contribution >= 4 is 5.84 Å². The van der Waals surface area contributed by atoms with Crippen LogP contribution in [0.2, 0.25) is 0 Å². The smallest absolute Gasteiger partial charge is 0.130 e. The third-order valence-corrected chi connectivity index (χ3v) is 3.30. The lowest BCUT2D eigenvalue weighted by molar-refractivity contribution is 0.0572. The number of hydrogen-bond donors (Lipinski definition) is 4. The van der Waals surface area contributed by atoms with Crippen LogP contribution in [0, 0.1) is 5.41 Å². The second-order valence-corrected chi connectivity index (χ2v) is 4.78. The third-order valence-electron chi connectivity index (χ3n) is 3.30. The normalized spacial score (nSPS) is 23.5. The fraction of sp³-hybridized carbons (Fsp3) is 0.462. The Balaban J connectivity index is 2.12. The van der Waals surface area contributed by atoms with Gasteiger partial charge in [-0.25, -0.2) is 0 Å². The molecule has 1 heterocycles. The molecule has 2 atom stereocenters. The number of nitrogen functional groups attached to an aromatic ring is 1. The van der Waals surface area contributed by atoms with Crippen LogP contribution in [0.4, 0.5) is 0 Å². The Hall–Kier alpha value is -1.63. The molecular weight excluding hydrogens is 246 g/mol. The molecule has 1 saturated heterocycles. The molecule has 0 spiro atoms. The van der Waals surface area contributed by atoms with Crippen molar-refractivity contribution in [3.05, 3.63) is 29.3 Å². The van der Waals surface area contributed by atoms with Crippen LogP contribution in [0.3, 0.4) is 0 Å². The lowest BCUT2D eigenvalue weighted by atomic mass is 10.1. The Labute approximate surface area is 111 Å². The fourth-order valence-electron chi connectivity index (χ4n) is 2.29. The average molecular weight is 265 g/mol. The molecule has 0 radical (unpaired) electrons. The SMILES string of the molecule is COc1cc(CN2CC(O)C(O)C2)ccc1C(=N)N. The molecule has 2 unspecified atom stereocenters. The molecule has 0 aromatic heterocycles. The zero-order chi connectivity index (χ0) is 14.0. The summed E-state index contributed by atoms with van der Waals surface area (Å²) in [6.07, 6.45) is -1.36. The van der Waals surface area contributed by atoms with Crippen LogP contribution >= 0.6 is 0 Å². The molecular formula is C13H19N3O3. The van der Waals surface area contributed by atoms with Crippen LogP contribution in [0.5, 0.6) is 5.75 Å². The number of nitrogens with one attached hydrogen (secondary N) is 1. The van der Waals surface area contributed by atoms with Gasteiger partial charge in [-0.15, -0.1) is 0 Å². The highest BCUT2D eigenvalue weighted by atomic mass is 16.5. The van der Waals surface area contributed by atoms with E-state index in [2.05, 4.69) is 0 Å². The predicted octanol–water partition coefficient (Wildman–Crippen LogP) is -0.483. The second-order valence-electron chi connectivity index (χ2n) is 4.78. The summed E-state index contributed by atoms with van der Waals surface area (Å²) >= 11 is 0. The molecule has 1 aromatic rings. The quantitative estimate of drug-likeness (QED) is 0.435. The second kappa shape index (κ2) is 5.56. The van der Waals surface area contributed by atoms with E-state index in [1.165, 1.54) is 7.11 Å². The van der Waals surface area contributed by atoms with Crippen LogP contribution < -0.4 is 10.5 Å². The number of aliphatic hydroxyl groups is 2. The number of hydrogen-bond acceptors (Lipinski definition) is 5. The third kappa shape index (κ3) is 3.04. The number of amidine groups is 1. The molecule has 1 aromatic carbocycles. The Morgan fingerprint density at radius 1 is 1.42 bits per heavy atom. The highest BCUT2D eigenvalue weighted by Gasteiger charge is 2.29. The van der Waals surface area contributed by atoms with E-state index in [1.807, 2.05) is 17.0 Å². The Morgan fingerprint density at radius 3 is 2.58 bits per heavy atom. The van der Waals surface area contributed by atoms with Crippen molar-refractivity contribution in [2.75, 3.05) is 20.2 Å². The number of nitrogens with zero attached hydrogens (tertiary/aromatic N) is 1. The topological polar surface area (TPSA) is 103 Å². The standard InChI is InChI=1S/C13H19N3O3/c1-19-12-4-8(2-3-9(12)13(14)15)5-16-6-10(17)11(18)7-16/h2-4,10-11,17-18H,5-7H2,1H3,(H3,14,15). The number of β-amino-alcohol motifs (C(OH)–C–C–N with tert-alkyl or cyclic N) is 2. The first-order valence-corrected chi connectivity index (χ1v) is 6.11. The van der Waals surface area contributed by atoms with E-state index in [1.54, 1.807) is 6.07 Å². The van der Waals surface area contributed by atoms with Crippen LogP contribution in [0.1, 0.15) is 11.1 Å². The number of aliphatic hydroxyl groups excluding tert-OH is 2. The summed E-state index contributed by atoms with van der Waals surface area (Å²) in [5.41, 5.74) is 7.02. The molecule has 19 heavy (non-hydrogen) atoms. The largest absolute Gasteiger partial charge is 0.496 e. The van der Waals surface area contributed by atoms with Gasteiger partial charge in [0.1, 0.15) is 11.6 Å². The van der Waals surface area contributed by atoms with Gasteiger partial charge in [0, 0.05) is 19.6 Å². The summed E-state index contributed by atoms with van der Waals surface area (Å²) in [5.74, 6) is 0.528. The summed E-state index contributed by atoms with van der Waals surface area (Å²) in [6.45, 7) is 1.53. The minimum Gasteiger partial charge on any atom is -0.496 e. The number of likely N-dealkylation sites (tertiary alicyclic amines) is 1. The zero-order valence-electron chi connectivity index (χ0n) is 10.8. The van der Waals surface area contributed by atoms with Gasteiger partial charge in [0.15, 0.2) is 0 Å². The van der Waals surface area contributed by atoms with Gasteiger partial charge in [0.2, 0.25) is 0 Å². The van der Waals surface area contributed by atoms with Crippen molar-refractivity contribution in [3.8, 4) is 5.75 Å². The maximum absolute atomic E-state index is 9.50. The maximum Gasteiger partial charge on any atom is 0.130 e. The van der Waals surface area contributed by atoms with E-state index in [0.29, 0.717) is 30.9 Å². The number of nitrogens with two attached hydrogens (primary N) is 1. The molecule has 1 aliphatic heterocycles. The van der Waals surface area contributed by atoms with E-state index in [4.69, 9.17) is 15.9 Å². The molecule has 1 fully saturated rings. The van der Waals surface area contributed by atoms with Gasteiger partial charge in [-0.3, -0.25) is 10.3 Å². The van der Waals surface area contributed by atoms with E-state index < -0.39 is 12.2 Å². The summed E-state index contributed by atoms with van der Waals surface area (Å²) in [5, 5.41) is 26.5. The summed E-state index contributed by atoms with van der Waals surface area (Å²) in [4.78, 5) is 1.97. The van der Waals surface area contributed by atoms with Gasteiger partial charge in [-0.05, 0) is 17.7 Å². The van der Waals surface area contributed by atoms with Gasteiger partial charge >= 0.3 is 0 Å². The first kappa shape index (κ1) is 13.8. The average Bonchev–Trinajstić information content (AvgIpc) is 2.67. The molecule has 2 rings (SSSR count). The molecule has 0 amide bonds. The summed E-state index contributed by atoms with van der Waals surface area (Å²) < 4.78 is 5.22. The zero-order valence-corrected chi connectivity index (χ0v) is 10.8. The lowest BCUT2D eigenvalue weighted by Crippen LogP contribution is -2.22. The van der Waals surface area contributed by atoms with Crippen LogP contribution in [0.15, 0.2) is 18.2 Å². The predicted molar refractivity (Wildman–Crippen MR) is 71.3 cm³/mol. The minimum absolute atomic E-state index is 0.0320. The molecule has 6 heteroatoms. The first-order chi connectivity index (χ1) is 9.01. The van der Waals surface area contributed by atoms with Gasteiger partial charge in [0.25, 0.3) is 0 Å². The summed E-state index contributed by atoms with van der Waals surface area (Å²) in [6, 6.07) is 5.45. The van der Waals surface area contributed by atoms with Gasteiger partial charge in [0.05, 0.1) is 24.9 Å². The van der Waals surface area contributed by atoms with Gasteiger partial charge < -0.3 is 20.7 Å². The number of methoxy groups -OCH3 is 1. The molecule has 0 saturated carbocycles. The van der Waals surface area contributed by atoms with Crippen molar-refractivity contribution in [1.82, 2.24) is 4.90 Å². The van der Waals surface area contributed by atoms with Crippen LogP contribution in [0.25, 0.3) is 0 Å². The Kier molecular flexibility index (Phi) is 4.04. The summed E-state index contributed by atoms with van der Waals surface area (Å²) in [7, 11) is 1.54. The molecule has 0 bridgehead atoms. The van der Waals surface area contributed by atoms with Gasteiger partial charge in [-0.1, -0.05) is 6.07 Å². The van der Waals surface area contributed by atoms with E-state index in [9.17, 15) is 10.2 Å². The lowest BCUT2D eigenvalue weighted by Gasteiger charge is -2.16. The fourth-order valence-corrected chi connectivity index (χ4v) is 2.29. The number of rotatable bonds is 4. The van der Waals surface area contributed by atoms with E-state index in [0.717, 1.165) is 5.56 Å². The van der Waals surface area contributed by atoms with E-state index >= 15 is 0 Å². The molecule has 1 aliphatic rings. The van der Waals surface area contributed by atoms with Crippen molar-refractivity contribution in [1.29, 1.82) is 5.41 Å². The van der Waals surface area contributed by atoms with Crippen molar-refractivity contribution in [2.45, 2.75) is 18.8 Å². The molecule has 6 nitrogen and oxygen atoms in total. The van der Waals surface area contributed by atoms with Crippen LogP contribution in [-0.4, -0.2) is 53.4 Å². The van der Waals surface area contributed by atoms with Gasteiger partial charge in [-0.2, -0.15) is 0 Å². The Bertz CT molecular complexity index is 468. The maximum atomic E-state index is 9.50. The van der Waals surface area contributed by atoms with Crippen molar-refractivity contribution < 1.29 is 14.9 Å². The van der Waals surface area contributed by atoms with E-state index in [-0.39, 0.29) is 5.84 Å². The highest BCUT2D eigenvalue weighted by molar-refractivity contribution is 5.97. The minimum atomic E-state index is -0.682. The van der Waals surface area contributed by atoms with Crippen LogP contribution in [-0.2, 0) is 6.54 Å². The molecule has 104 valence electrons. The first-order valence-electron chi connectivity index (χ1n) is 6.11. The number of benzene rings is 1. The molecule has 0 aliphatic carbocycles. The molecule has 5 N–H and O–H groups in total.